The minimum Gasteiger partial charge on any atom is -0.397 e. The number of nitrogens with two attached hydrogens (primary N) is 1. The van der Waals surface area contributed by atoms with Gasteiger partial charge < -0.3 is 20.5 Å². The monoisotopic (exact) mass is 252 g/mol. The fourth-order valence-corrected chi connectivity index (χ4v) is 1.65. The lowest BCUT2D eigenvalue weighted by Crippen LogP contribution is -2.41. The van der Waals surface area contributed by atoms with Crippen molar-refractivity contribution in [3.8, 4) is 0 Å². The summed E-state index contributed by atoms with van der Waals surface area (Å²) < 4.78 is 1.65. The third-order valence-electron chi connectivity index (χ3n) is 2.42. The summed E-state index contributed by atoms with van der Waals surface area (Å²) in [6.45, 7) is 3.78. The third-order valence-corrected chi connectivity index (χ3v) is 2.42. The maximum Gasteiger partial charge on any atom is 0.270 e. The van der Waals surface area contributed by atoms with E-state index in [1.165, 1.54) is 4.90 Å². The quantitative estimate of drug-likeness (QED) is 0.803. The van der Waals surface area contributed by atoms with Crippen LogP contribution in [0.3, 0.4) is 0 Å². The van der Waals surface area contributed by atoms with Gasteiger partial charge in [0, 0.05) is 26.3 Å². The van der Waals surface area contributed by atoms with Gasteiger partial charge in [0.05, 0.1) is 12.2 Å². The number of nitrogens with one attached hydrogen (secondary N) is 1. The summed E-state index contributed by atoms with van der Waals surface area (Å²) in [7, 11) is 3.33. The van der Waals surface area contributed by atoms with Gasteiger partial charge >= 0.3 is 0 Å². The lowest BCUT2D eigenvalue weighted by molar-refractivity contribution is -0.122. The number of carbonyl (C=O) groups excluding carboxylic acids is 2. The highest BCUT2D eigenvalue weighted by molar-refractivity contribution is 5.96. The maximum absolute atomic E-state index is 12.1. The van der Waals surface area contributed by atoms with E-state index in [9.17, 15) is 9.59 Å². The molecule has 2 amide bonds. The maximum atomic E-state index is 12.1. The molecule has 0 aromatic carbocycles. The number of anilines is 1. The zero-order valence-electron chi connectivity index (χ0n) is 11.2. The molecule has 0 aliphatic carbocycles. The first-order chi connectivity index (χ1) is 8.31. The smallest absolute Gasteiger partial charge is 0.270 e. The molecule has 0 bridgehead atoms. The minimum atomic E-state index is -0.229. The van der Waals surface area contributed by atoms with Crippen LogP contribution in [-0.4, -0.2) is 40.9 Å². The van der Waals surface area contributed by atoms with Gasteiger partial charge in [-0.15, -0.1) is 0 Å². The van der Waals surface area contributed by atoms with Crippen molar-refractivity contribution in [1.29, 1.82) is 0 Å². The van der Waals surface area contributed by atoms with Gasteiger partial charge in [-0.1, -0.05) is 0 Å². The highest BCUT2D eigenvalue weighted by Crippen LogP contribution is 2.10. The normalized spacial score (nSPS) is 10.5. The molecule has 100 valence electrons. The number of hydrogen-bond acceptors (Lipinski definition) is 3. The fraction of sp³-hybridized carbons (Fsp3) is 0.500. The molecule has 18 heavy (non-hydrogen) atoms. The zero-order chi connectivity index (χ0) is 13.9. The van der Waals surface area contributed by atoms with Crippen LogP contribution in [-0.2, 0) is 11.8 Å². The first-order valence-electron chi connectivity index (χ1n) is 5.78. The molecular formula is C12H20N4O2. The van der Waals surface area contributed by atoms with E-state index >= 15 is 0 Å². The van der Waals surface area contributed by atoms with E-state index in [2.05, 4.69) is 5.32 Å². The summed E-state index contributed by atoms with van der Waals surface area (Å²) in [4.78, 5) is 25.0. The summed E-state index contributed by atoms with van der Waals surface area (Å²) in [5, 5.41) is 2.74. The summed E-state index contributed by atoms with van der Waals surface area (Å²) in [6, 6.07) is 1.66. The highest BCUT2D eigenvalue weighted by atomic mass is 16.2. The molecule has 0 radical (unpaired) electrons. The second-order valence-electron chi connectivity index (χ2n) is 4.65. The first kappa shape index (κ1) is 14.1. The van der Waals surface area contributed by atoms with Gasteiger partial charge in [-0.2, -0.15) is 0 Å². The largest absolute Gasteiger partial charge is 0.397 e. The van der Waals surface area contributed by atoms with Gasteiger partial charge in [0.1, 0.15) is 5.69 Å². The summed E-state index contributed by atoms with van der Waals surface area (Å²) in [5.41, 5.74) is 6.61. The van der Waals surface area contributed by atoms with Gasteiger partial charge in [0.25, 0.3) is 5.91 Å². The molecule has 6 nitrogen and oxygen atoms in total. The summed E-state index contributed by atoms with van der Waals surface area (Å²) in [6.07, 6.45) is 1.66. The standard InChI is InChI=1S/C12H20N4O2/c1-8(2)14-11(17)7-16(4)12(18)10-5-9(13)6-15(10)3/h5-6,8H,7,13H2,1-4H3,(H,14,17). The van der Waals surface area contributed by atoms with Crippen molar-refractivity contribution in [3.63, 3.8) is 0 Å². The van der Waals surface area contributed by atoms with E-state index in [0.717, 1.165) is 0 Å². The minimum absolute atomic E-state index is 0.0299. The summed E-state index contributed by atoms with van der Waals surface area (Å²) in [5.74, 6) is -0.406. The Bertz CT molecular complexity index is 451. The molecule has 0 aliphatic heterocycles. The van der Waals surface area contributed by atoms with Gasteiger partial charge in [-0.25, -0.2) is 0 Å². The molecule has 0 saturated carbocycles. The van der Waals surface area contributed by atoms with Crippen molar-refractivity contribution in [2.75, 3.05) is 19.3 Å². The molecule has 3 N–H and O–H groups in total. The predicted molar refractivity (Wildman–Crippen MR) is 70.1 cm³/mol. The van der Waals surface area contributed by atoms with Crippen molar-refractivity contribution in [1.82, 2.24) is 14.8 Å². The number of carbonyl (C=O) groups is 2. The number of aryl methyl sites for hydroxylation is 1. The first-order valence-corrected chi connectivity index (χ1v) is 5.78. The lowest BCUT2D eigenvalue weighted by Gasteiger charge is -2.18. The number of hydrogen-bond donors (Lipinski definition) is 2. The molecule has 0 fully saturated rings. The summed E-state index contributed by atoms with van der Waals surface area (Å²) >= 11 is 0. The van der Waals surface area contributed by atoms with Crippen molar-refractivity contribution < 1.29 is 9.59 Å². The van der Waals surface area contributed by atoms with Crippen LogP contribution in [0.5, 0.6) is 0 Å². The number of nitrogens with zero attached hydrogens (tertiary/aromatic N) is 2. The number of rotatable bonds is 4. The molecule has 1 aromatic heterocycles. The molecule has 1 aromatic rings. The van der Waals surface area contributed by atoms with Gasteiger partial charge in [0.15, 0.2) is 0 Å². The molecule has 1 rings (SSSR count). The van der Waals surface area contributed by atoms with Crippen molar-refractivity contribution in [2.45, 2.75) is 19.9 Å². The highest BCUT2D eigenvalue weighted by Gasteiger charge is 2.18. The van der Waals surface area contributed by atoms with E-state index < -0.39 is 0 Å². The van der Waals surface area contributed by atoms with Crippen LogP contribution in [0.15, 0.2) is 12.3 Å². The average molecular weight is 252 g/mol. The van der Waals surface area contributed by atoms with Crippen LogP contribution < -0.4 is 11.1 Å². The number of aromatic nitrogens is 1. The van der Waals surface area contributed by atoms with Crippen LogP contribution in [0, 0.1) is 0 Å². The zero-order valence-corrected chi connectivity index (χ0v) is 11.2. The molecule has 6 heteroatoms. The van der Waals surface area contributed by atoms with Crippen LogP contribution in [0.1, 0.15) is 24.3 Å². The SMILES string of the molecule is CC(C)NC(=O)CN(C)C(=O)c1cc(N)cn1C. The Kier molecular flexibility index (Phi) is 4.36. The van der Waals surface area contributed by atoms with E-state index in [1.54, 1.807) is 30.9 Å². The molecular weight excluding hydrogens is 232 g/mol. The lowest BCUT2D eigenvalue weighted by atomic mass is 10.3. The van der Waals surface area contributed by atoms with Crippen molar-refractivity contribution in [2.24, 2.45) is 7.05 Å². The Balaban J connectivity index is 2.67. The topological polar surface area (TPSA) is 80.4 Å². The molecule has 0 aliphatic rings. The molecule has 0 saturated heterocycles. The van der Waals surface area contributed by atoms with Gasteiger partial charge in [-0.05, 0) is 19.9 Å². The predicted octanol–water partition coefficient (Wildman–Crippen LogP) is 0.204. The Hall–Kier alpha value is -1.98. The van der Waals surface area contributed by atoms with Crippen LogP contribution in [0.4, 0.5) is 5.69 Å². The van der Waals surface area contributed by atoms with Crippen molar-refractivity contribution >= 4 is 17.5 Å². The second kappa shape index (κ2) is 5.57. The number of nitrogen functional groups attached to an aromatic ring is 1. The Labute approximate surface area is 107 Å². The Morgan fingerprint density at radius 1 is 1.50 bits per heavy atom. The fourth-order valence-electron chi connectivity index (χ4n) is 1.65. The second-order valence-corrected chi connectivity index (χ2v) is 4.65. The van der Waals surface area contributed by atoms with Crippen LogP contribution >= 0.6 is 0 Å². The Morgan fingerprint density at radius 3 is 2.56 bits per heavy atom. The van der Waals surface area contributed by atoms with Gasteiger partial charge in [0.2, 0.25) is 5.91 Å². The molecule has 0 atom stereocenters. The number of likely N-dealkylation sites (N-methyl/N-ethyl adjacent to an activating group) is 1. The molecule has 1 heterocycles. The van der Waals surface area contributed by atoms with E-state index in [1.807, 2.05) is 13.8 Å². The number of amides is 2. The van der Waals surface area contributed by atoms with E-state index in [0.29, 0.717) is 11.4 Å². The van der Waals surface area contributed by atoms with Crippen LogP contribution in [0.25, 0.3) is 0 Å². The van der Waals surface area contributed by atoms with E-state index in [-0.39, 0.29) is 24.4 Å². The van der Waals surface area contributed by atoms with Crippen LogP contribution in [0.2, 0.25) is 0 Å². The average Bonchev–Trinajstić information content (AvgIpc) is 2.55. The third kappa shape index (κ3) is 3.51. The van der Waals surface area contributed by atoms with Crippen molar-refractivity contribution in [3.05, 3.63) is 18.0 Å². The molecule has 0 unspecified atom stereocenters. The van der Waals surface area contributed by atoms with E-state index in [4.69, 9.17) is 5.73 Å². The Morgan fingerprint density at radius 2 is 2.11 bits per heavy atom. The van der Waals surface area contributed by atoms with Gasteiger partial charge in [-0.3, -0.25) is 9.59 Å². The molecule has 0 spiro atoms.